The molecule has 0 unspecified atom stereocenters. The van der Waals surface area contributed by atoms with E-state index >= 15 is 0 Å². The van der Waals surface area contributed by atoms with Gasteiger partial charge in [-0.1, -0.05) is 23.3 Å². The third-order valence-corrected chi connectivity index (χ3v) is 6.28. The molecule has 0 aliphatic heterocycles. The molecule has 0 saturated heterocycles. The van der Waals surface area contributed by atoms with Crippen LogP contribution >= 0.6 is 0 Å². The van der Waals surface area contributed by atoms with Crippen molar-refractivity contribution in [3.63, 3.8) is 0 Å². The molecule has 5 nitrogen and oxygen atoms in total. The number of nitrogens with zero attached hydrogens (tertiary/aromatic N) is 1. The van der Waals surface area contributed by atoms with E-state index in [0.717, 1.165) is 57.1 Å². The summed E-state index contributed by atoms with van der Waals surface area (Å²) in [5.41, 5.74) is 9.70. The maximum absolute atomic E-state index is 10.7. The van der Waals surface area contributed by atoms with Crippen LogP contribution in [0.3, 0.4) is 0 Å². The summed E-state index contributed by atoms with van der Waals surface area (Å²) in [6.45, 7) is 15.6. The first-order valence-corrected chi connectivity index (χ1v) is 12.2. The Bertz CT molecular complexity index is 1280. The average molecular weight is 487 g/mol. The number of methoxy groups -OCH3 is 1. The van der Waals surface area contributed by atoms with Crippen LogP contribution in [0.15, 0.2) is 59.8 Å². The van der Waals surface area contributed by atoms with Crippen LogP contribution in [0.1, 0.15) is 44.4 Å². The van der Waals surface area contributed by atoms with Crippen molar-refractivity contribution >= 4 is 5.82 Å². The van der Waals surface area contributed by atoms with Gasteiger partial charge in [0, 0.05) is 23.9 Å². The SMILES string of the molecule is COc1c(C)c(-c2ccc(OCC=C(C)C)c(O)c2)c(C)c(C)c1-c1ccc(NCC=C(C)C)nc1. The Hall–Kier alpha value is -3.73. The zero-order chi connectivity index (χ0) is 26.4. The Morgan fingerprint density at radius 2 is 1.56 bits per heavy atom. The number of phenols is 1. The van der Waals surface area contributed by atoms with Gasteiger partial charge in [0.2, 0.25) is 0 Å². The minimum atomic E-state index is 0.120. The molecule has 0 saturated carbocycles. The number of pyridine rings is 1. The summed E-state index contributed by atoms with van der Waals surface area (Å²) in [5, 5.41) is 14.0. The minimum Gasteiger partial charge on any atom is -0.504 e. The Balaban J connectivity index is 1.99. The van der Waals surface area contributed by atoms with Gasteiger partial charge in [-0.05, 0) is 107 Å². The molecule has 0 atom stereocenters. The van der Waals surface area contributed by atoms with Gasteiger partial charge in [-0.15, -0.1) is 0 Å². The normalized spacial score (nSPS) is 10.6. The van der Waals surface area contributed by atoms with E-state index in [1.807, 2.05) is 44.3 Å². The molecule has 5 heteroatoms. The van der Waals surface area contributed by atoms with E-state index in [1.165, 1.54) is 11.1 Å². The predicted molar refractivity (Wildman–Crippen MR) is 150 cm³/mol. The highest BCUT2D eigenvalue weighted by molar-refractivity contribution is 5.86. The average Bonchev–Trinajstić information content (AvgIpc) is 2.83. The predicted octanol–water partition coefficient (Wildman–Crippen LogP) is 7.78. The molecule has 0 spiro atoms. The lowest BCUT2D eigenvalue weighted by Crippen LogP contribution is -2.03. The van der Waals surface area contributed by atoms with Gasteiger partial charge in [0.05, 0.1) is 7.11 Å². The van der Waals surface area contributed by atoms with Crippen molar-refractivity contribution in [3.8, 4) is 39.5 Å². The molecule has 0 aliphatic carbocycles. The third-order valence-electron chi connectivity index (χ3n) is 6.28. The Morgan fingerprint density at radius 3 is 2.14 bits per heavy atom. The first-order valence-electron chi connectivity index (χ1n) is 12.2. The van der Waals surface area contributed by atoms with Crippen molar-refractivity contribution < 1.29 is 14.6 Å². The Kier molecular flexibility index (Phi) is 8.81. The summed E-state index contributed by atoms with van der Waals surface area (Å²) >= 11 is 0. The molecule has 2 N–H and O–H groups in total. The number of phenolic OH excluding ortho intramolecular Hbond substituents is 1. The van der Waals surface area contributed by atoms with E-state index in [2.05, 4.69) is 57.1 Å². The highest BCUT2D eigenvalue weighted by Crippen LogP contribution is 2.45. The highest BCUT2D eigenvalue weighted by Gasteiger charge is 2.21. The number of ether oxygens (including phenoxy) is 2. The van der Waals surface area contributed by atoms with Crippen molar-refractivity contribution in [1.82, 2.24) is 4.98 Å². The van der Waals surface area contributed by atoms with Crippen LogP contribution in [-0.2, 0) is 0 Å². The fourth-order valence-corrected chi connectivity index (χ4v) is 4.26. The van der Waals surface area contributed by atoms with E-state index < -0.39 is 0 Å². The fraction of sp³-hybridized carbons (Fsp3) is 0.323. The molecular formula is C31H38N2O3. The zero-order valence-electron chi connectivity index (χ0n) is 22.7. The Labute approximate surface area is 215 Å². The number of aromatic hydroxyl groups is 1. The largest absolute Gasteiger partial charge is 0.504 e. The van der Waals surface area contributed by atoms with E-state index in [9.17, 15) is 5.11 Å². The molecule has 0 fully saturated rings. The van der Waals surface area contributed by atoms with Gasteiger partial charge >= 0.3 is 0 Å². The summed E-state index contributed by atoms with van der Waals surface area (Å²) < 4.78 is 11.7. The molecule has 0 aliphatic rings. The number of hydrogen-bond acceptors (Lipinski definition) is 5. The Morgan fingerprint density at radius 1 is 0.889 bits per heavy atom. The van der Waals surface area contributed by atoms with Gasteiger partial charge in [-0.2, -0.15) is 0 Å². The van der Waals surface area contributed by atoms with Crippen LogP contribution in [0, 0.1) is 20.8 Å². The van der Waals surface area contributed by atoms with Crippen molar-refractivity contribution in [2.45, 2.75) is 48.5 Å². The molecule has 0 bridgehead atoms. The van der Waals surface area contributed by atoms with Crippen LogP contribution in [0.2, 0.25) is 0 Å². The van der Waals surface area contributed by atoms with Crippen molar-refractivity contribution in [2.24, 2.45) is 0 Å². The molecule has 36 heavy (non-hydrogen) atoms. The summed E-state index contributed by atoms with van der Waals surface area (Å²) in [5.74, 6) is 2.23. The standard InChI is InChI=1S/C31H38N2O3/c1-19(2)13-15-32-28-12-10-25(18-33-28)30-22(6)21(5)29(23(7)31(30)35-8)24-9-11-27(26(34)17-24)36-16-14-20(3)4/h9-14,17-18,34H,15-16H2,1-8H3,(H,32,33). The maximum atomic E-state index is 10.7. The number of hydrogen-bond donors (Lipinski definition) is 2. The quantitative estimate of drug-likeness (QED) is 0.302. The number of allylic oxidation sites excluding steroid dienone is 2. The maximum Gasteiger partial charge on any atom is 0.161 e. The topological polar surface area (TPSA) is 63.6 Å². The zero-order valence-corrected chi connectivity index (χ0v) is 22.7. The molecule has 1 aromatic heterocycles. The number of benzene rings is 2. The second-order valence-electron chi connectivity index (χ2n) is 9.53. The van der Waals surface area contributed by atoms with Crippen LogP contribution in [0.4, 0.5) is 5.82 Å². The fourth-order valence-electron chi connectivity index (χ4n) is 4.26. The van der Waals surface area contributed by atoms with Crippen LogP contribution in [0.5, 0.6) is 17.2 Å². The summed E-state index contributed by atoms with van der Waals surface area (Å²) in [6, 6.07) is 9.65. The molecule has 3 rings (SSSR count). The lowest BCUT2D eigenvalue weighted by Gasteiger charge is -2.22. The van der Waals surface area contributed by atoms with Crippen LogP contribution in [0.25, 0.3) is 22.3 Å². The smallest absolute Gasteiger partial charge is 0.161 e. The lowest BCUT2D eigenvalue weighted by molar-refractivity contribution is 0.335. The first kappa shape index (κ1) is 26.9. The molecule has 0 amide bonds. The van der Waals surface area contributed by atoms with Crippen LogP contribution in [-0.4, -0.2) is 30.4 Å². The molecular weight excluding hydrogens is 448 g/mol. The number of anilines is 1. The molecule has 190 valence electrons. The minimum absolute atomic E-state index is 0.120. The van der Waals surface area contributed by atoms with Gasteiger partial charge in [0.25, 0.3) is 0 Å². The van der Waals surface area contributed by atoms with Crippen LogP contribution < -0.4 is 14.8 Å². The van der Waals surface area contributed by atoms with Gasteiger partial charge in [-0.3, -0.25) is 0 Å². The third kappa shape index (κ3) is 6.09. The van der Waals surface area contributed by atoms with Gasteiger partial charge < -0.3 is 19.9 Å². The summed E-state index contributed by atoms with van der Waals surface area (Å²) in [7, 11) is 1.70. The van der Waals surface area contributed by atoms with E-state index in [-0.39, 0.29) is 5.75 Å². The molecule has 0 radical (unpaired) electrons. The van der Waals surface area contributed by atoms with Crippen molar-refractivity contribution in [2.75, 3.05) is 25.6 Å². The van der Waals surface area contributed by atoms with Crippen molar-refractivity contribution in [1.29, 1.82) is 0 Å². The number of aromatic nitrogens is 1. The van der Waals surface area contributed by atoms with Crippen molar-refractivity contribution in [3.05, 3.63) is 76.5 Å². The molecule has 3 aromatic rings. The molecule has 2 aromatic carbocycles. The number of nitrogens with one attached hydrogen (secondary N) is 1. The van der Waals surface area contributed by atoms with E-state index in [4.69, 9.17) is 9.47 Å². The lowest BCUT2D eigenvalue weighted by atomic mass is 9.86. The van der Waals surface area contributed by atoms with E-state index in [0.29, 0.717) is 12.4 Å². The second kappa shape index (κ2) is 11.8. The summed E-state index contributed by atoms with van der Waals surface area (Å²) in [4.78, 5) is 4.62. The van der Waals surface area contributed by atoms with E-state index in [1.54, 1.807) is 13.2 Å². The summed E-state index contributed by atoms with van der Waals surface area (Å²) in [6.07, 6.45) is 6.00. The second-order valence-corrected chi connectivity index (χ2v) is 9.53. The highest BCUT2D eigenvalue weighted by atomic mass is 16.5. The molecule has 1 heterocycles. The monoisotopic (exact) mass is 486 g/mol. The number of rotatable bonds is 9. The van der Waals surface area contributed by atoms with Gasteiger partial charge in [0.15, 0.2) is 11.5 Å². The van der Waals surface area contributed by atoms with Gasteiger partial charge in [0.1, 0.15) is 18.2 Å². The van der Waals surface area contributed by atoms with Gasteiger partial charge in [-0.25, -0.2) is 4.98 Å². The first-order chi connectivity index (χ1) is 17.1.